The molecule has 3 N–H and O–H groups in total. The number of hydrogen-bond acceptors (Lipinski definition) is 6. The highest BCUT2D eigenvalue weighted by Gasteiger charge is 2.15. The van der Waals surface area contributed by atoms with Crippen LogP contribution in [-0.2, 0) is 0 Å². The lowest BCUT2D eigenvalue weighted by molar-refractivity contribution is -0.385. The highest BCUT2D eigenvalue weighted by molar-refractivity contribution is 9.10. The monoisotopic (exact) mass is 380 g/mol. The summed E-state index contributed by atoms with van der Waals surface area (Å²) in [6.45, 7) is 0.666. The number of carbonyl (C=O) groups is 1. The number of halogens is 1. The number of aromatic nitrogens is 1. The lowest BCUT2D eigenvalue weighted by atomic mass is 10.2. The Bertz CT molecular complexity index is 721. The Morgan fingerprint density at radius 1 is 1.39 bits per heavy atom. The number of amides is 1. The molecule has 1 aromatic heterocycles. The molecular weight excluding hydrogens is 368 g/mol. The van der Waals surface area contributed by atoms with E-state index in [4.69, 9.17) is 10.5 Å². The van der Waals surface area contributed by atoms with Gasteiger partial charge in [0.25, 0.3) is 11.6 Å². The zero-order valence-corrected chi connectivity index (χ0v) is 13.4. The number of ether oxygens (including phenoxy) is 1. The molecule has 0 saturated carbocycles. The van der Waals surface area contributed by atoms with Gasteiger partial charge in [-0.25, -0.2) is 4.98 Å². The molecular formula is C14H13BrN4O4. The minimum absolute atomic E-state index is 0.0390. The number of rotatable bonds is 7. The van der Waals surface area contributed by atoms with Crippen molar-refractivity contribution in [2.45, 2.75) is 0 Å². The Labute approximate surface area is 139 Å². The smallest absolute Gasteiger partial charge is 0.288 e. The average molecular weight is 381 g/mol. The first-order valence-electron chi connectivity index (χ1n) is 6.54. The minimum atomic E-state index is -0.794. The first-order valence-corrected chi connectivity index (χ1v) is 7.33. The van der Waals surface area contributed by atoms with Crippen molar-refractivity contribution < 1.29 is 14.5 Å². The normalized spacial score (nSPS) is 10.1. The number of nitro groups is 1. The summed E-state index contributed by atoms with van der Waals surface area (Å²) in [5.41, 5.74) is 4.88. The van der Waals surface area contributed by atoms with Gasteiger partial charge in [-0.3, -0.25) is 14.9 Å². The SMILES string of the molecule is NC(=O)c1cc([N+](=O)[O-])cnc1NCCOc1ccc(Br)cc1. The van der Waals surface area contributed by atoms with Gasteiger partial charge in [0.1, 0.15) is 24.4 Å². The van der Waals surface area contributed by atoms with Crippen LogP contribution in [-0.4, -0.2) is 29.0 Å². The molecule has 0 radical (unpaired) electrons. The molecule has 2 rings (SSSR count). The van der Waals surface area contributed by atoms with Crippen LogP contribution in [0.4, 0.5) is 11.5 Å². The van der Waals surface area contributed by atoms with Crippen LogP contribution in [0.15, 0.2) is 41.0 Å². The molecule has 0 bridgehead atoms. The van der Waals surface area contributed by atoms with Crippen LogP contribution < -0.4 is 15.8 Å². The quantitative estimate of drug-likeness (QED) is 0.432. The molecule has 8 nitrogen and oxygen atoms in total. The largest absolute Gasteiger partial charge is 0.492 e. The second kappa shape index (κ2) is 7.54. The minimum Gasteiger partial charge on any atom is -0.492 e. The van der Waals surface area contributed by atoms with E-state index in [9.17, 15) is 14.9 Å². The first-order chi connectivity index (χ1) is 11.0. The van der Waals surface area contributed by atoms with Gasteiger partial charge in [-0.1, -0.05) is 15.9 Å². The van der Waals surface area contributed by atoms with E-state index in [1.807, 2.05) is 24.3 Å². The van der Waals surface area contributed by atoms with E-state index < -0.39 is 10.8 Å². The summed E-state index contributed by atoms with van der Waals surface area (Å²) in [7, 11) is 0. The van der Waals surface area contributed by atoms with Crippen molar-refractivity contribution in [1.29, 1.82) is 0 Å². The molecule has 0 aliphatic heterocycles. The zero-order chi connectivity index (χ0) is 16.8. The fraction of sp³-hybridized carbons (Fsp3) is 0.143. The number of primary amides is 1. The summed E-state index contributed by atoms with van der Waals surface area (Å²) >= 11 is 3.33. The van der Waals surface area contributed by atoms with E-state index in [1.54, 1.807) is 0 Å². The van der Waals surface area contributed by atoms with Crippen LogP contribution in [0, 0.1) is 10.1 Å². The van der Waals surface area contributed by atoms with E-state index in [0.717, 1.165) is 16.7 Å². The topological polar surface area (TPSA) is 120 Å². The van der Waals surface area contributed by atoms with Gasteiger partial charge >= 0.3 is 0 Å². The Balaban J connectivity index is 1.96. The van der Waals surface area contributed by atoms with Crippen molar-refractivity contribution in [3.05, 3.63) is 56.7 Å². The molecule has 0 aliphatic carbocycles. The average Bonchev–Trinajstić information content (AvgIpc) is 2.53. The predicted octanol–water partition coefficient (Wildman–Crippen LogP) is 2.34. The van der Waals surface area contributed by atoms with Gasteiger partial charge in [0.2, 0.25) is 0 Å². The van der Waals surface area contributed by atoms with Crippen LogP contribution in [0.5, 0.6) is 5.75 Å². The second-order valence-electron chi connectivity index (χ2n) is 4.44. The van der Waals surface area contributed by atoms with Gasteiger partial charge in [-0.2, -0.15) is 0 Å². The summed E-state index contributed by atoms with van der Waals surface area (Å²) in [6.07, 6.45) is 1.06. The molecule has 0 unspecified atom stereocenters. The Morgan fingerprint density at radius 2 is 2.09 bits per heavy atom. The van der Waals surface area contributed by atoms with Gasteiger partial charge in [0.15, 0.2) is 0 Å². The summed E-state index contributed by atoms with van der Waals surface area (Å²) in [4.78, 5) is 25.3. The molecule has 0 spiro atoms. The third kappa shape index (κ3) is 4.65. The number of nitrogens with zero attached hydrogens (tertiary/aromatic N) is 2. The van der Waals surface area contributed by atoms with Crippen LogP contribution in [0.2, 0.25) is 0 Å². The van der Waals surface area contributed by atoms with E-state index in [1.165, 1.54) is 0 Å². The molecule has 0 fully saturated rings. The molecule has 2 aromatic rings. The van der Waals surface area contributed by atoms with Crippen molar-refractivity contribution in [3.63, 3.8) is 0 Å². The molecule has 1 heterocycles. The molecule has 0 atom stereocenters. The van der Waals surface area contributed by atoms with Crippen molar-refractivity contribution in [2.24, 2.45) is 5.73 Å². The van der Waals surface area contributed by atoms with Crippen molar-refractivity contribution in [3.8, 4) is 5.75 Å². The van der Waals surface area contributed by atoms with Gasteiger partial charge < -0.3 is 15.8 Å². The van der Waals surface area contributed by atoms with Crippen LogP contribution in [0.1, 0.15) is 10.4 Å². The maximum Gasteiger partial charge on any atom is 0.288 e. The van der Waals surface area contributed by atoms with Crippen molar-refractivity contribution in [1.82, 2.24) is 4.98 Å². The molecule has 0 aliphatic rings. The lowest BCUT2D eigenvalue weighted by Crippen LogP contribution is -2.18. The Kier molecular flexibility index (Phi) is 5.47. The fourth-order valence-electron chi connectivity index (χ4n) is 1.75. The zero-order valence-electron chi connectivity index (χ0n) is 11.9. The summed E-state index contributed by atoms with van der Waals surface area (Å²) in [5.74, 6) is 0.0850. The molecule has 0 saturated heterocycles. The summed E-state index contributed by atoms with van der Waals surface area (Å²) in [5, 5.41) is 13.6. The standard InChI is InChI=1S/C14H13BrN4O4/c15-9-1-3-11(4-2-9)23-6-5-17-14-12(13(16)20)7-10(8-18-14)19(21)22/h1-4,7-8H,5-6H2,(H2,16,20)(H,17,18). The highest BCUT2D eigenvalue weighted by atomic mass is 79.9. The number of hydrogen-bond donors (Lipinski definition) is 2. The number of nitrogens with two attached hydrogens (primary N) is 1. The van der Waals surface area contributed by atoms with Crippen LogP contribution >= 0.6 is 15.9 Å². The molecule has 120 valence electrons. The number of anilines is 1. The molecule has 1 aromatic carbocycles. The van der Waals surface area contributed by atoms with Crippen LogP contribution in [0.25, 0.3) is 0 Å². The Hall–Kier alpha value is -2.68. The third-order valence-corrected chi connectivity index (χ3v) is 3.36. The van der Waals surface area contributed by atoms with E-state index in [-0.39, 0.29) is 17.1 Å². The number of pyridine rings is 1. The first kappa shape index (κ1) is 16.7. The number of nitrogens with one attached hydrogen (secondary N) is 1. The van der Waals surface area contributed by atoms with Crippen molar-refractivity contribution >= 4 is 33.3 Å². The number of carbonyl (C=O) groups excluding carboxylic acids is 1. The van der Waals surface area contributed by atoms with Crippen molar-refractivity contribution in [2.75, 3.05) is 18.5 Å². The molecule has 9 heteroatoms. The maximum absolute atomic E-state index is 11.4. The lowest BCUT2D eigenvalue weighted by Gasteiger charge is -2.10. The second-order valence-corrected chi connectivity index (χ2v) is 5.36. The summed E-state index contributed by atoms with van der Waals surface area (Å²) in [6, 6.07) is 8.41. The van der Waals surface area contributed by atoms with Gasteiger partial charge in [0.05, 0.1) is 17.0 Å². The third-order valence-electron chi connectivity index (χ3n) is 2.83. The van der Waals surface area contributed by atoms with E-state index in [0.29, 0.717) is 18.9 Å². The molecule has 23 heavy (non-hydrogen) atoms. The summed E-state index contributed by atoms with van der Waals surface area (Å²) < 4.78 is 6.46. The molecule has 1 amide bonds. The fourth-order valence-corrected chi connectivity index (χ4v) is 2.02. The van der Waals surface area contributed by atoms with Gasteiger partial charge in [-0.15, -0.1) is 0 Å². The predicted molar refractivity (Wildman–Crippen MR) is 87.5 cm³/mol. The van der Waals surface area contributed by atoms with E-state index >= 15 is 0 Å². The number of benzene rings is 1. The van der Waals surface area contributed by atoms with Gasteiger partial charge in [0, 0.05) is 10.5 Å². The maximum atomic E-state index is 11.4. The van der Waals surface area contributed by atoms with Crippen LogP contribution in [0.3, 0.4) is 0 Å². The highest BCUT2D eigenvalue weighted by Crippen LogP contribution is 2.19. The van der Waals surface area contributed by atoms with E-state index in [2.05, 4.69) is 26.2 Å². The van der Waals surface area contributed by atoms with Gasteiger partial charge in [-0.05, 0) is 24.3 Å². The Morgan fingerprint density at radius 3 is 2.70 bits per heavy atom.